The maximum atomic E-state index is 13.2. The Balaban J connectivity index is 1.58. The number of methoxy groups -OCH3 is 1. The number of benzene rings is 1. The fourth-order valence-corrected chi connectivity index (χ4v) is 4.94. The van der Waals surface area contributed by atoms with E-state index in [1.165, 1.54) is 0 Å². The smallest absolute Gasteiger partial charge is 0.325 e. The van der Waals surface area contributed by atoms with Crippen molar-refractivity contribution in [2.24, 2.45) is 11.3 Å². The molecule has 3 rings (SSSR count). The van der Waals surface area contributed by atoms with E-state index in [9.17, 15) is 14.7 Å². The van der Waals surface area contributed by atoms with Crippen LogP contribution in [0.15, 0.2) is 30.9 Å². The number of carbonyl (C=O) groups is 2. The fraction of sp³-hybridized carbons (Fsp3) is 0.615. The molecule has 7 heteroatoms. The zero-order chi connectivity index (χ0) is 24.2. The highest BCUT2D eigenvalue weighted by molar-refractivity contribution is 6.07. The van der Waals surface area contributed by atoms with E-state index >= 15 is 0 Å². The van der Waals surface area contributed by atoms with Gasteiger partial charge in [-0.15, -0.1) is 6.58 Å². The van der Waals surface area contributed by atoms with Crippen molar-refractivity contribution >= 4 is 11.9 Å². The number of aliphatic hydroxyl groups is 1. The highest BCUT2D eigenvalue weighted by atomic mass is 16.5. The molecule has 2 fully saturated rings. The van der Waals surface area contributed by atoms with Crippen LogP contribution in [0.1, 0.15) is 58.4 Å². The molecular weight excluding hydrogens is 420 g/mol. The number of urea groups is 1. The van der Waals surface area contributed by atoms with Crippen molar-refractivity contribution in [2.45, 2.75) is 70.9 Å². The van der Waals surface area contributed by atoms with Crippen LogP contribution in [0, 0.1) is 11.3 Å². The number of β-amino-alcohol motifs (C(OH)–C–C–N with tert-alkyl or cyclic N) is 1. The average molecular weight is 459 g/mol. The van der Waals surface area contributed by atoms with Crippen molar-refractivity contribution in [1.29, 1.82) is 0 Å². The number of carbonyl (C=O) groups excluding carboxylic acids is 2. The molecule has 2 aliphatic rings. The van der Waals surface area contributed by atoms with Crippen LogP contribution < -0.4 is 14.8 Å². The second-order valence-corrected chi connectivity index (χ2v) is 9.99. The second-order valence-electron chi connectivity index (χ2n) is 9.99. The number of imide groups is 1. The SMILES string of the molecule is C=CCc1ccc(OCC(O)CN2C(=O)NC3(CCC(C(C)(C)CC)CC3)C2=O)c(OC)c1. The van der Waals surface area contributed by atoms with Gasteiger partial charge < -0.3 is 19.9 Å². The normalized spacial score (nSPS) is 24.0. The van der Waals surface area contributed by atoms with E-state index < -0.39 is 17.7 Å². The predicted octanol–water partition coefficient (Wildman–Crippen LogP) is 4.08. The van der Waals surface area contributed by atoms with E-state index in [2.05, 4.69) is 32.7 Å². The van der Waals surface area contributed by atoms with Gasteiger partial charge in [-0.1, -0.05) is 39.3 Å². The van der Waals surface area contributed by atoms with Gasteiger partial charge in [0.25, 0.3) is 5.91 Å². The number of ether oxygens (including phenoxy) is 2. The van der Waals surface area contributed by atoms with Gasteiger partial charge >= 0.3 is 6.03 Å². The lowest BCUT2D eigenvalue weighted by Crippen LogP contribution is -2.51. The van der Waals surface area contributed by atoms with Crippen LogP contribution in [-0.4, -0.2) is 53.8 Å². The molecule has 3 amide bonds. The molecule has 33 heavy (non-hydrogen) atoms. The molecule has 0 aromatic heterocycles. The number of aliphatic hydroxyl groups excluding tert-OH is 1. The minimum absolute atomic E-state index is 0.0615. The molecule has 1 unspecified atom stereocenters. The number of allylic oxidation sites excluding steroid dienone is 1. The molecule has 1 spiro atoms. The number of nitrogens with zero attached hydrogens (tertiary/aromatic N) is 1. The van der Waals surface area contributed by atoms with Gasteiger partial charge in [-0.25, -0.2) is 4.79 Å². The van der Waals surface area contributed by atoms with E-state index in [4.69, 9.17) is 9.47 Å². The van der Waals surface area contributed by atoms with Crippen LogP contribution in [0.5, 0.6) is 11.5 Å². The first-order valence-electron chi connectivity index (χ1n) is 11.9. The molecule has 1 aromatic rings. The Labute approximate surface area is 197 Å². The van der Waals surface area contributed by atoms with Crippen molar-refractivity contribution in [2.75, 3.05) is 20.3 Å². The number of hydrogen-bond acceptors (Lipinski definition) is 5. The van der Waals surface area contributed by atoms with E-state index in [0.29, 0.717) is 36.7 Å². The zero-order valence-corrected chi connectivity index (χ0v) is 20.4. The van der Waals surface area contributed by atoms with Crippen LogP contribution in [0.2, 0.25) is 0 Å². The van der Waals surface area contributed by atoms with E-state index in [1.54, 1.807) is 19.3 Å². The Morgan fingerprint density at radius 1 is 1.30 bits per heavy atom. The highest BCUT2D eigenvalue weighted by Crippen LogP contribution is 2.45. The molecule has 1 aliphatic carbocycles. The summed E-state index contributed by atoms with van der Waals surface area (Å²) < 4.78 is 11.1. The van der Waals surface area contributed by atoms with Crippen molar-refractivity contribution < 1.29 is 24.2 Å². The first-order chi connectivity index (χ1) is 15.7. The fourth-order valence-electron chi connectivity index (χ4n) is 4.94. The zero-order valence-electron chi connectivity index (χ0n) is 20.4. The first kappa shape index (κ1) is 25.1. The van der Waals surface area contributed by atoms with Crippen LogP contribution in [-0.2, 0) is 11.2 Å². The Hall–Kier alpha value is -2.54. The third kappa shape index (κ3) is 5.35. The maximum Gasteiger partial charge on any atom is 0.325 e. The molecule has 1 aliphatic heterocycles. The molecule has 1 heterocycles. The lowest BCUT2D eigenvalue weighted by atomic mass is 9.65. The average Bonchev–Trinajstić information content (AvgIpc) is 3.02. The van der Waals surface area contributed by atoms with Gasteiger partial charge in [0.1, 0.15) is 18.2 Å². The summed E-state index contributed by atoms with van der Waals surface area (Å²) in [5, 5.41) is 13.5. The second kappa shape index (κ2) is 10.2. The Kier molecular flexibility index (Phi) is 7.73. The lowest BCUT2D eigenvalue weighted by molar-refractivity contribution is -0.134. The third-order valence-electron chi connectivity index (χ3n) is 7.53. The predicted molar refractivity (Wildman–Crippen MR) is 127 cm³/mol. The quantitative estimate of drug-likeness (QED) is 0.407. The number of amides is 3. The van der Waals surface area contributed by atoms with Crippen molar-refractivity contribution in [1.82, 2.24) is 10.2 Å². The Bertz CT molecular complexity index is 873. The number of rotatable bonds is 10. The van der Waals surface area contributed by atoms with Gasteiger partial charge in [0.05, 0.1) is 13.7 Å². The van der Waals surface area contributed by atoms with Crippen LogP contribution in [0.25, 0.3) is 0 Å². The Morgan fingerprint density at radius 3 is 2.61 bits per heavy atom. The number of hydrogen-bond donors (Lipinski definition) is 2. The third-order valence-corrected chi connectivity index (χ3v) is 7.53. The van der Waals surface area contributed by atoms with Gasteiger partial charge in [0, 0.05) is 0 Å². The monoisotopic (exact) mass is 458 g/mol. The largest absolute Gasteiger partial charge is 0.493 e. The van der Waals surface area contributed by atoms with Gasteiger partial charge in [0.15, 0.2) is 11.5 Å². The van der Waals surface area contributed by atoms with Gasteiger partial charge in [-0.2, -0.15) is 0 Å². The van der Waals surface area contributed by atoms with Crippen LogP contribution in [0.4, 0.5) is 4.79 Å². The summed E-state index contributed by atoms with van der Waals surface area (Å²) >= 11 is 0. The summed E-state index contributed by atoms with van der Waals surface area (Å²) in [6.45, 7) is 10.3. The molecule has 1 saturated heterocycles. The summed E-state index contributed by atoms with van der Waals surface area (Å²) in [5.74, 6) is 1.36. The molecule has 1 saturated carbocycles. The molecule has 0 radical (unpaired) electrons. The van der Waals surface area contributed by atoms with Crippen molar-refractivity contribution in [3.8, 4) is 11.5 Å². The maximum absolute atomic E-state index is 13.2. The summed E-state index contributed by atoms with van der Waals surface area (Å²) in [4.78, 5) is 26.9. The topological polar surface area (TPSA) is 88.1 Å². The molecule has 2 N–H and O–H groups in total. The minimum Gasteiger partial charge on any atom is -0.493 e. The summed E-state index contributed by atoms with van der Waals surface area (Å²) in [5.41, 5.74) is 0.435. The lowest BCUT2D eigenvalue weighted by Gasteiger charge is -2.42. The van der Waals surface area contributed by atoms with Crippen molar-refractivity contribution in [3.63, 3.8) is 0 Å². The van der Waals surface area contributed by atoms with E-state index in [0.717, 1.165) is 29.7 Å². The van der Waals surface area contributed by atoms with Gasteiger partial charge in [-0.05, 0) is 61.1 Å². The van der Waals surface area contributed by atoms with Crippen molar-refractivity contribution in [3.05, 3.63) is 36.4 Å². The molecule has 1 aromatic carbocycles. The molecule has 1 atom stereocenters. The van der Waals surface area contributed by atoms with E-state index in [1.807, 2.05) is 12.1 Å². The first-order valence-corrected chi connectivity index (χ1v) is 11.9. The summed E-state index contributed by atoms with van der Waals surface area (Å²) in [7, 11) is 1.55. The van der Waals surface area contributed by atoms with Gasteiger partial charge in [0.2, 0.25) is 0 Å². The summed E-state index contributed by atoms with van der Waals surface area (Å²) in [6.07, 6.45) is 5.70. The standard InChI is InChI=1S/C26H38N2O5/c1-6-8-18-9-10-21(22(15-18)32-5)33-17-20(29)16-28-23(30)26(27-24(28)31)13-11-19(12-14-26)25(3,4)7-2/h6,9-10,15,19-20,29H,1,7-8,11-14,16-17H2,2-5H3,(H,27,31). The summed E-state index contributed by atoms with van der Waals surface area (Å²) in [6, 6.07) is 5.12. The number of nitrogens with one attached hydrogen (secondary N) is 1. The molecule has 0 bridgehead atoms. The van der Waals surface area contributed by atoms with E-state index in [-0.39, 0.29) is 24.5 Å². The van der Waals surface area contributed by atoms with Gasteiger partial charge in [-0.3, -0.25) is 9.69 Å². The molecule has 182 valence electrons. The molecule has 7 nitrogen and oxygen atoms in total. The molecular formula is C26H38N2O5. The van der Waals surface area contributed by atoms with Crippen LogP contribution >= 0.6 is 0 Å². The minimum atomic E-state index is -1.01. The Morgan fingerprint density at radius 2 is 2.00 bits per heavy atom. The highest BCUT2D eigenvalue weighted by Gasteiger charge is 2.53. The van der Waals surface area contributed by atoms with Crippen LogP contribution in [0.3, 0.4) is 0 Å².